The maximum atomic E-state index is 12.2. The van der Waals surface area contributed by atoms with E-state index in [1.165, 1.54) is 12.3 Å². The molecule has 1 unspecified atom stereocenters. The Labute approximate surface area is 136 Å². The summed E-state index contributed by atoms with van der Waals surface area (Å²) in [6.45, 7) is 3.39. The Bertz CT molecular complexity index is 720. The van der Waals surface area contributed by atoms with Crippen LogP contribution in [0.25, 0.3) is 0 Å². The van der Waals surface area contributed by atoms with E-state index in [0.29, 0.717) is 15.4 Å². The van der Waals surface area contributed by atoms with Gasteiger partial charge >= 0.3 is 5.97 Å². The summed E-state index contributed by atoms with van der Waals surface area (Å²) in [6, 6.07) is 3.85. The molecule has 2 aromatic heterocycles. The number of hydrogen-bond acceptors (Lipinski definition) is 5. The minimum Gasteiger partial charge on any atom is -0.480 e. The Hall–Kier alpha value is -2.61. The number of thiophene rings is 1. The molecule has 0 saturated carbocycles. The average Bonchev–Trinajstić information content (AvgIpc) is 3.13. The van der Waals surface area contributed by atoms with Crippen molar-refractivity contribution >= 4 is 34.1 Å². The number of anilines is 1. The molecule has 2 heterocycles. The highest BCUT2D eigenvalue weighted by molar-refractivity contribution is 7.18. The molecule has 8 heteroatoms. The van der Waals surface area contributed by atoms with E-state index >= 15 is 0 Å². The van der Waals surface area contributed by atoms with Gasteiger partial charge in [-0.05, 0) is 37.1 Å². The fraction of sp³-hybridized carbons (Fsp3) is 0.267. The number of carboxylic acids is 1. The average molecular weight is 336 g/mol. The fourth-order valence-electron chi connectivity index (χ4n) is 1.91. The van der Waals surface area contributed by atoms with Crippen LogP contribution in [0, 0.1) is 6.92 Å². The predicted octanol–water partition coefficient (Wildman–Crippen LogP) is 2.49. The third-order valence-corrected chi connectivity index (χ3v) is 4.27. The molecule has 0 radical (unpaired) electrons. The van der Waals surface area contributed by atoms with Crippen molar-refractivity contribution in [2.24, 2.45) is 0 Å². The molecule has 0 aromatic carbocycles. The molecule has 2 aromatic rings. The van der Waals surface area contributed by atoms with Gasteiger partial charge in [0.2, 0.25) is 0 Å². The normalized spacial score (nSPS) is 11.7. The van der Waals surface area contributed by atoms with E-state index in [1.54, 1.807) is 26.0 Å². The van der Waals surface area contributed by atoms with Crippen molar-refractivity contribution in [1.82, 2.24) is 5.32 Å². The Morgan fingerprint density at radius 1 is 1.35 bits per heavy atom. The van der Waals surface area contributed by atoms with Crippen LogP contribution >= 0.6 is 11.3 Å². The highest BCUT2D eigenvalue weighted by Crippen LogP contribution is 2.27. The van der Waals surface area contributed by atoms with Gasteiger partial charge in [-0.25, -0.2) is 4.79 Å². The van der Waals surface area contributed by atoms with E-state index in [2.05, 4.69) is 10.6 Å². The topological polar surface area (TPSA) is 109 Å². The lowest BCUT2D eigenvalue weighted by atomic mass is 10.2. The number of nitrogens with one attached hydrogen (secondary N) is 2. The Kier molecular flexibility index (Phi) is 5.17. The minimum absolute atomic E-state index is 0.166. The van der Waals surface area contributed by atoms with Crippen molar-refractivity contribution in [3.05, 3.63) is 40.7 Å². The lowest BCUT2D eigenvalue weighted by Crippen LogP contribution is -2.40. The van der Waals surface area contributed by atoms with Gasteiger partial charge in [-0.3, -0.25) is 9.59 Å². The number of aryl methyl sites for hydroxylation is 1. The molecule has 0 saturated heterocycles. The second-order valence-corrected chi connectivity index (χ2v) is 5.88. The third kappa shape index (κ3) is 3.98. The summed E-state index contributed by atoms with van der Waals surface area (Å²) < 4.78 is 4.99. The summed E-state index contributed by atoms with van der Waals surface area (Å²) in [7, 11) is 0. The van der Waals surface area contributed by atoms with Gasteiger partial charge in [-0.2, -0.15) is 0 Å². The zero-order chi connectivity index (χ0) is 17.0. The fourth-order valence-corrected chi connectivity index (χ4v) is 2.88. The van der Waals surface area contributed by atoms with Crippen LogP contribution in [0.4, 0.5) is 5.00 Å². The first-order valence-corrected chi connectivity index (χ1v) is 7.73. The smallest absolute Gasteiger partial charge is 0.326 e. The van der Waals surface area contributed by atoms with Gasteiger partial charge in [0.15, 0.2) is 5.76 Å². The lowest BCUT2D eigenvalue weighted by molar-refractivity contribution is -0.139. The lowest BCUT2D eigenvalue weighted by Gasteiger charge is -2.11. The van der Waals surface area contributed by atoms with Crippen molar-refractivity contribution in [3.8, 4) is 0 Å². The summed E-state index contributed by atoms with van der Waals surface area (Å²) >= 11 is 1.08. The van der Waals surface area contributed by atoms with Crippen LogP contribution in [0.2, 0.25) is 0 Å². The molecule has 0 fully saturated rings. The first kappa shape index (κ1) is 16.8. The number of hydrogen-bond donors (Lipinski definition) is 3. The summed E-state index contributed by atoms with van der Waals surface area (Å²) in [6.07, 6.45) is 1.68. The highest BCUT2D eigenvalue weighted by atomic mass is 32.1. The van der Waals surface area contributed by atoms with E-state index in [-0.39, 0.29) is 12.2 Å². The highest BCUT2D eigenvalue weighted by Gasteiger charge is 2.22. The third-order valence-electron chi connectivity index (χ3n) is 3.12. The SMILES string of the molecule is CCC(NC(=O)c1sc(NC(=O)c2ccco2)cc1C)C(=O)O. The second kappa shape index (κ2) is 7.10. The van der Waals surface area contributed by atoms with Crippen LogP contribution < -0.4 is 10.6 Å². The molecule has 122 valence electrons. The van der Waals surface area contributed by atoms with E-state index < -0.39 is 23.8 Å². The zero-order valence-electron chi connectivity index (χ0n) is 12.6. The quantitative estimate of drug-likeness (QED) is 0.751. The maximum Gasteiger partial charge on any atom is 0.326 e. The summed E-state index contributed by atoms with van der Waals surface area (Å²) in [4.78, 5) is 35.4. The van der Waals surface area contributed by atoms with Crippen LogP contribution in [0.5, 0.6) is 0 Å². The van der Waals surface area contributed by atoms with Crippen molar-refractivity contribution in [3.63, 3.8) is 0 Å². The van der Waals surface area contributed by atoms with E-state index in [4.69, 9.17) is 9.52 Å². The molecule has 0 aliphatic heterocycles. The molecule has 0 bridgehead atoms. The largest absolute Gasteiger partial charge is 0.480 e. The molecule has 2 rings (SSSR count). The van der Waals surface area contributed by atoms with Crippen LogP contribution in [-0.2, 0) is 4.79 Å². The molecule has 3 N–H and O–H groups in total. The van der Waals surface area contributed by atoms with Gasteiger partial charge in [0, 0.05) is 0 Å². The van der Waals surface area contributed by atoms with E-state index in [1.807, 2.05) is 0 Å². The molecule has 7 nitrogen and oxygen atoms in total. The van der Waals surface area contributed by atoms with Crippen molar-refractivity contribution < 1.29 is 23.9 Å². The van der Waals surface area contributed by atoms with Crippen LogP contribution in [0.15, 0.2) is 28.9 Å². The van der Waals surface area contributed by atoms with Gasteiger partial charge in [0.1, 0.15) is 6.04 Å². The standard InChI is InChI=1S/C15H16N2O5S/c1-3-9(15(20)21)16-14(19)12-8(2)7-11(23-12)17-13(18)10-5-4-6-22-10/h4-7,9H,3H2,1-2H3,(H,16,19)(H,17,18)(H,20,21). The molecular formula is C15H16N2O5S. The van der Waals surface area contributed by atoms with Crippen LogP contribution in [-0.4, -0.2) is 28.9 Å². The first-order chi connectivity index (χ1) is 10.9. The monoisotopic (exact) mass is 336 g/mol. The van der Waals surface area contributed by atoms with Gasteiger partial charge in [-0.1, -0.05) is 6.92 Å². The number of furan rings is 1. The molecule has 0 aliphatic carbocycles. The van der Waals surface area contributed by atoms with E-state index in [0.717, 1.165) is 11.3 Å². The molecule has 1 atom stereocenters. The molecule has 23 heavy (non-hydrogen) atoms. The Balaban J connectivity index is 2.10. The summed E-state index contributed by atoms with van der Waals surface area (Å²) in [5.74, 6) is -1.80. The first-order valence-electron chi connectivity index (χ1n) is 6.91. The number of carboxylic acid groups (broad SMARTS) is 1. The van der Waals surface area contributed by atoms with Crippen LogP contribution in [0.1, 0.15) is 39.1 Å². The number of rotatable bonds is 6. The molecule has 0 spiro atoms. The maximum absolute atomic E-state index is 12.2. The molecule has 2 amide bonds. The number of aliphatic carboxylic acids is 1. The summed E-state index contributed by atoms with van der Waals surface area (Å²) in [5, 5.41) is 14.6. The second-order valence-electron chi connectivity index (χ2n) is 4.83. The number of carbonyl (C=O) groups is 3. The van der Waals surface area contributed by atoms with Crippen molar-refractivity contribution in [2.45, 2.75) is 26.3 Å². The minimum atomic E-state index is -1.08. The predicted molar refractivity (Wildman–Crippen MR) is 84.9 cm³/mol. The van der Waals surface area contributed by atoms with Crippen LogP contribution in [0.3, 0.4) is 0 Å². The van der Waals surface area contributed by atoms with Gasteiger partial charge < -0.3 is 20.2 Å². The number of amides is 2. The summed E-state index contributed by atoms with van der Waals surface area (Å²) in [5.41, 5.74) is 0.655. The zero-order valence-corrected chi connectivity index (χ0v) is 13.4. The Morgan fingerprint density at radius 3 is 2.65 bits per heavy atom. The molecule has 0 aliphatic rings. The Morgan fingerprint density at radius 2 is 2.09 bits per heavy atom. The number of carbonyl (C=O) groups excluding carboxylic acids is 2. The van der Waals surface area contributed by atoms with Gasteiger partial charge in [-0.15, -0.1) is 11.3 Å². The van der Waals surface area contributed by atoms with Crippen molar-refractivity contribution in [2.75, 3.05) is 5.32 Å². The van der Waals surface area contributed by atoms with Gasteiger partial charge in [0.25, 0.3) is 11.8 Å². The van der Waals surface area contributed by atoms with Gasteiger partial charge in [0.05, 0.1) is 16.1 Å². The van der Waals surface area contributed by atoms with Crippen molar-refractivity contribution in [1.29, 1.82) is 0 Å². The van der Waals surface area contributed by atoms with E-state index in [9.17, 15) is 14.4 Å². The molecular weight excluding hydrogens is 320 g/mol.